The molecule has 2 aromatic carbocycles. The summed E-state index contributed by atoms with van der Waals surface area (Å²) in [5, 5.41) is 3.61. The van der Waals surface area contributed by atoms with Gasteiger partial charge >= 0.3 is 0 Å². The fraction of sp³-hybridized carbons (Fsp3) is 0.200. The van der Waals surface area contributed by atoms with Crippen molar-refractivity contribution in [3.05, 3.63) is 83.4 Å². The van der Waals surface area contributed by atoms with Crippen molar-refractivity contribution in [1.29, 1.82) is 0 Å². The van der Waals surface area contributed by atoms with Crippen molar-refractivity contribution in [2.75, 3.05) is 6.61 Å². The average molecular weight is 370 g/mol. The Kier molecular flexibility index (Phi) is 6.28. The average Bonchev–Trinajstić information content (AvgIpc) is 3.16. The summed E-state index contributed by atoms with van der Waals surface area (Å²) in [6.45, 7) is 1.54. The summed E-state index contributed by atoms with van der Waals surface area (Å²) in [5.74, 6) is 0.657. The number of carbonyl (C=O) groups is 1. The molecule has 134 valence electrons. The molecule has 0 unspecified atom stereocenters. The van der Waals surface area contributed by atoms with E-state index in [9.17, 15) is 4.79 Å². The van der Waals surface area contributed by atoms with Gasteiger partial charge in [0.15, 0.2) is 0 Å². The van der Waals surface area contributed by atoms with E-state index in [0.717, 1.165) is 17.7 Å². The van der Waals surface area contributed by atoms with Gasteiger partial charge in [0, 0.05) is 30.5 Å². The summed E-state index contributed by atoms with van der Waals surface area (Å²) in [6, 6.07) is 15.1. The number of nitrogens with one attached hydrogen (secondary N) is 1. The molecule has 1 amide bonds. The Hall–Kier alpha value is -2.79. The van der Waals surface area contributed by atoms with Crippen LogP contribution < -0.4 is 10.1 Å². The molecule has 26 heavy (non-hydrogen) atoms. The van der Waals surface area contributed by atoms with Gasteiger partial charge in [0.1, 0.15) is 5.75 Å². The van der Waals surface area contributed by atoms with E-state index in [1.165, 1.54) is 0 Å². The first-order valence-corrected chi connectivity index (χ1v) is 8.76. The van der Waals surface area contributed by atoms with Crippen LogP contribution in [0, 0.1) is 0 Å². The highest BCUT2D eigenvalue weighted by Gasteiger charge is 2.06. The molecule has 0 spiro atoms. The second-order valence-corrected chi connectivity index (χ2v) is 6.27. The summed E-state index contributed by atoms with van der Waals surface area (Å²) in [4.78, 5) is 16.1. The van der Waals surface area contributed by atoms with Gasteiger partial charge in [0.2, 0.25) is 5.91 Å². The second kappa shape index (κ2) is 9.06. The molecule has 0 bridgehead atoms. The van der Waals surface area contributed by atoms with Gasteiger partial charge in [-0.25, -0.2) is 4.98 Å². The summed E-state index contributed by atoms with van der Waals surface area (Å²) < 4.78 is 7.55. The van der Waals surface area contributed by atoms with E-state index in [0.29, 0.717) is 30.3 Å². The van der Waals surface area contributed by atoms with Gasteiger partial charge in [-0.1, -0.05) is 35.9 Å². The van der Waals surface area contributed by atoms with E-state index in [1.807, 2.05) is 29.0 Å². The lowest BCUT2D eigenvalue weighted by atomic mass is 10.1. The molecule has 0 aliphatic heterocycles. The van der Waals surface area contributed by atoms with Crippen LogP contribution in [0.15, 0.2) is 67.3 Å². The Morgan fingerprint density at radius 3 is 2.62 bits per heavy atom. The minimum Gasteiger partial charge on any atom is -0.493 e. The van der Waals surface area contributed by atoms with Gasteiger partial charge in [-0.2, -0.15) is 0 Å². The number of hydrogen-bond acceptors (Lipinski definition) is 3. The number of benzene rings is 2. The topological polar surface area (TPSA) is 56.1 Å². The van der Waals surface area contributed by atoms with Crippen LogP contribution in [0.2, 0.25) is 5.02 Å². The number of nitrogens with zero attached hydrogens (tertiary/aromatic N) is 2. The van der Waals surface area contributed by atoms with Gasteiger partial charge < -0.3 is 14.6 Å². The molecule has 0 atom stereocenters. The normalized spacial score (nSPS) is 10.5. The summed E-state index contributed by atoms with van der Waals surface area (Å²) >= 11 is 5.83. The first-order chi connectivity index (χ1) is 12.7. The van der Waals surface area contributed by atoms with Crippen molar-refractivity contribution >= 4 is 17.5 Å². The lowest BCUT2D eigenvalue weighted by Crippen LogP contribution is -2.25. The van der Waals surface area contributed by atoms with Crippen LogP contribution in [-0.4, -0.2) is 22.1 Å². The number of halogens is 1. The Morgan fingerprint density at radius 1 is 1.12 bits per heavy atom. The molecule has 3 aromatic rings. The smallest absolute Gasteiger partial charge is 0.223 e. The summed E-state index contributed by atoms with van der Waals surface area (Å²) in [5.41, 5.74) is 2.25. The number of hydrogen-bond donors (Lipinski definition) is 1. The molecule has 1 N–H and O–H groups in total. The minimum absolute atomic E-state index is 0.0450. The zero-order valence-corrected chi connectivity index (χ0v) is 15.0. The largest absolute Gasteiger partial charge is 0.493 e. The van der Waals surface area contributed by atoms with Crippen molar-refractivity contribution in [2.24, 2.45) is 0 Å². The quantitative estimate of drug-likeness (QED) is 0.659. The molecule has 0 saturated carbocycles. The molecular formula is C20H20ClN3O2. The van der Waals surface area contributed by atoms with Crippen molar-refractivity contribution in [3.8, 4) is 5.75 Å². The van der Waals surface area contributed by atoms with E-state index < -0.39 is 0 Å². The molecule has 1 heterocycles. The minimum atomic E-state index is -0.0450. The number of aromatic nitrogens is 2. The maximum absolute atomic E-state index is 12.1. The van der Waals surface area contributed by atoms with Gasteiger partial charge in [-0.05, 0) is 35.4 Å². The fourth-order valence-electron chi connectivity index (χ4n) is 2.54. The predicted molar refractivity (Wildman–Crippen MR) is 101 cm³/mol. The molecular weight excluding hydrogens is 350 g/mol. The Labute approximate surface area is 157 Å². The third-order valence-corrected chi connectivity index (χ3v) is 4.17. The Morgan fingerprint density at radius 2 is 1.88 bits per heavy atom. The highest BCUT2D eigenvalue weighted by molar-refractivity contribution is 6.30. The van der Waals surface area contributed by atoms with E-state index in [1.54, 1.807) is 36.8 Å². The molecule has 0 aliphatic carbocycles. The number of carbonyl (C=O) groups excluding carboxylic acids is 1. The number of rotatable bonds is 8. The first-order valence-electron chi connectivity index (χ1n) is 8.38. The van der Waals surface area contributed by atoms with E-state index in [2.05, 4.69) is 16.4 Å². The zero-order chi connectivity index (χ0) is 18.2. The number of ether oxygens (including phenoxy) is 1. The maximum Gasteiger partial charge on any atom is 0.223 e. The van der Waals surface area contributed by atoms with Crippen molar-refractivity contribution in [2.45, 2.75) is 19.5 Å². The third kappa shape index (κ3) is 5.36. The number of amides is 1. The second-order valence-electron chi connectivity index (χ2n) is 5.83. The monoisotopic (exact) mass is 369 g/mol. The molecule has 0 aliphatic rings. The summed E-state index contributed by atoms with van der Waals surface area (Å²) in [6.07, 6.45) is 5.75. The first kappa shape index (κ1) is 18.0. The molecule has 5 nitrogen and oxygen atoms in total. The van der Waals surface area contributed by atoms with Gasteiger partial charge in [-0.3, -0.25) is 4.79 Å². The summed E-state index contributed by atoms with van der Waals surface area (Å²) in [7, 11) is 0. The van der Waals surface area contributed by atoms with Crippen molar-refractivity contribution in [1.82, 2.24) is 14.9 Å². The van der Waals surface area contributed by atoms with E-state index >= 15 is 0 Å². The molecule has 0 saturated heterocycles. The van der Waals surface area contributed by atoms with Crippen LogP contribution in [0.1, 0.15) is 17.5 Å². The highest BCUT2D eigenvalue weighted by atomic mass is 35.5. The lowest BCUT2D eigenvalue weighted by Gasteiger charge is -2.11. The zero-order valence-electron chi connectivity index (χ0n) is 14.3. The van der Waals surface area contributed by atoms with Crippen molar-refractivity contribution in [3.63, 3.8) is 0 Å². The maximum atomic E-state index is 12.1. The molecule has 6 heteroatoms. The lowest BCUT2D eigenvalue weighted by molar-refractivity contribution is -0.121. The SMILES string of the molecule is O=C(CCOc1ccc(Cl)cc1)NCc1ccccc1Cn1ccnc1. The third-order valence-electron chi connectivity index (χ3n) is 3.92. The predicted octanol–water partition coefficient (Wildman–Crippen LogP) is 3.67. The van der Waals surface area contributed by atoms with Crippen LogP contribution in [0.5, 0.6) is 5.75 Å². The van der Waals surface area contributed by atoms with Crippen LogP contribution in [-0.2, 0) is 17.9 Å². The van der Waals surface area contributed by atoms with Gasteiger partial charge in [0.05, 0.1) is 19.4 Å². The van der Waals surface area contributed by atoms with Gasteiger partial charge in [-0.15, -0.1) is 0 Å². The van der Waals surface area contributed by atoms with Crippen LogP contribution in [0.3, 0.4) is 0 Å². The highest BCUT2D eigenvalue weighted by Crippen LogP contribution is 2.15. The molecule has 0 radical (unpaired) electrons. The number of imidazole rings is 1. The van der Waals surface area contributed by atoms with E-state index in [4.69, 9.17) is 16.3 Å². The molecule has 0 fully saturated rings. The molecule has 3 rings (SSSR count). The van der Waals surface area contributed by atoms with Gasteiger partial charge in [0.25, 0.3) is 0 Å². The van der Waals surface area contributed by atoms with E-state index in [-0.39, 0.29) is 5.91 Å². The van der Waals surface area contributed by atoms with Crippen LogP contribution >= 0.6 is 11.6 Å². The fourth-order valence-corrected chi connectivity index (χ4v) is 2.66. The van der Waals surface area contributed by atoms with Crippen LogP contribution in [0.25, 0.3) is 0 Å². The van der Waals surface area contributed by atoms with Crippen molar-refractivity contribution < 1.29 is 9.53 Å². The Balaban J connectivity index is 1.46. The Bertz CT molecular complexity index is 833. The molecule has 1 aromatic heterocycles. The van der Waals surface area contributed by atoms with Crippen LogP contribution in [0.4, 0.5) is 0 Å². The standard InChI is InChI=1S/C20H20ClN3O2/c21-18-5-7-19(8-6-18)26-12-9-20(25)23-13-16-3-1-2-4-17(16)14-24-11-10-22-15-24/h1-8,10-11,15H,9,12-14H2,(H,23,25).